The van der Waals surface area contributed by atoms with Crippen LogP contribution >= 0.6 is 0 Å². The van der Waals surface area contributed by atoms with E-state index < -0.39 is 0 Å². The Bertz CT molecular complexity index is 814. The SMILES string of the molecule is C.C.CC(C)(C)C1CC2CNC1C2.CC(C)(C)C1CCCNC1.CC(C)(C)C1CCNC1.CC(C)(C)C1CCNCC1.CC(C)(C)C1CNC1. The average molecular weight is 708 g/mol. The molecule has 1 aliphatic carbocycles. The number of piperidine rings is 3. The van der Waals surface area contributed by atoms with E-state index in [1.165, 1.54) is 104 Å². The van der Waals surface area contributed by atoms with Crippen molar-refractivity contribution in [2.75, 3.05) is 58.9 Å². The Morgan fingerprint density at radius 1 is 0.380 bits per heavy atom. The van der Waals surface area contributed by atoms with Gasteiger partial charge in [0, 0.05) is 6.04 Å². The van der Waals surface area contributed by atoms with Crippen molar-refractivity contribution in [1.29, 1.82) is 0 Å². The first kappa shape index (κ1) is 49.8. The van der Waals surface area contributed by atoms with E-state index in [1.807, 2.05) is 0 Å². The highest BCUT2D eigenvalue weighted by Gasteiger charge is 2.44. The molecule has 0 aromatic heterocycles. The van der Waals surface area contributed by atoms with Crippen LogP contribution in [0.15, 0.2) is 0 Å². The van der Waals surface area contributed by atoms with E-state index in [4.69, 9.17) is 0 Å². The Morgan fingerprint density at radius 3 is 1.02 bits per heavy atom. The molecule has 302 valence electrons. The van der Waals surface area contributed by atoms with Gasteiger partial charge in [0.2, 0.25) is 0 Å². The molecule has 0 amide bonds. The maximum atomic E-state index is 3.61. The molecule has 5 atom stereocenters. The van der Waals surface area contributed by atoms with E-state index in [9.17, 15) is 0 Å². The molecular weight excluding hydrogens is 611 g/mol. The summed E-state index contributed by atoms with van der Waals surface area (Å²) in [5.74, 6) is 5.58. The summed E-state index contributed by atoms with van der Waals surface area (Å²) in [5.41, 5.74) is 2.61. The predicted molar refractivity (Wildman–Crippen MR) is 227 cm³/mol. The van der Waals surface area contributed by atoms with Gasteiger partial charge in [-0.2, -0.15) is 0 Å². The zero-order valence-corrected chi connectivity index (χ0v) is 35.4. The number of hydrogen-bond acceptors (Lipinski definition) is 5. The van der Waals surface area contributed by atoms with Crippen molar-refractivity contribution in [2.24, 2.45) is 62.6 Å². The second kappa shape index (κ2) is 21.6. The lowest BCUT2D eigenvalue weighted by Gasteiger charge is -2.38. The van der Waals surface area contributed by atoms with Crippen molar-refractivity contribution in [3.63, 3.8) is 0 Å². The van der Waals surface area contributed by atoms with Crippen molar-refractivity contribution < 1.29 is 0 Å². The smallest absolute Gasteiger partial charge is 0.0104 e. The third kappa shape index (κ3) is 18.2. The average Bonchev–Trinajstić information content (AvgIpc) is 3.72. The van der Waals surface area contributed by atoms with Crippen LogP contribution in [0.5, 0.6) is 0 Å². The molecule has 5 nitrogen and oxygen atoms in total. The normalized spacial score (nSPS) is 28.7. The summed E-state index contributed by atoms with van der Waals surface area (Å²) < 4.78 is 0. The van der Waals surface area contributed by atoms with Crippen LogP contribution < -0.4 is 26.6 Å². The van der Waals surface area contributed by atoms with Crippen LogP contribution in [-0.4, -0.2) is 64.9 Å². The maximum Gasteiger partial charge on any atom is 0.0104 e. The summed E-state index contributed by atoms with van der Waals surface area (Å²) in [7, 11) is 0. The summed E-state index contributed by atoms with van der Waals surface area (Å²) in [6.45, 7) is 46.2. The minimum atomic E-state index is 0. The van der Waals surface area contributed by atoms with Crippen molar-refractivity contribution >= 4 is 0 Å². The van der Waals surface area contributed by atoms with Crippen LogP contribution in [0.3, 0.4) is 0 Å². The first-order valence-corrected chi connectivity index (χ1v) is 20.6. The molecule has 6 aliphatic rings. The lowest BCUT2D eigenvalue weighted by atomic mass is 9.76. The highest BCUT2D eigenvalue weighted by Crippen LogP contribution is 2.45. The van der Waals surface area contributed by atoms with E-state index in [1.54, 1.807) is 0 Å². The van der Waals surface area contributed by atoms with E-state index in [0.717, 1.165) is 41.5 Å². The molecule has 5 aliphatic heterocycles. The molecule has 6 fully saturated rings. The van der Waals surface area contributed by atoms with Crippen LogP contribution in [-0.2, 0) is 0 Å². The standard InChI is InChI=1S/C10H19N.2C9H19N.C8H17N.C7H15N.2CH4/c1-10(2,3)8-4-7-5-9(8)11-6-7;1-9(2,3)8-4-6-10-7-5-8;1-9(2,3)8-5-4-6-10-7-8;1-8(2,3)7-4-5-9-6-7;1-7(2,3)6-4-8-5-6;;/h7-9,11H,4-6H2,1-3H3;2*8,10H,4-7H2,1-3H3;7,9H,4-6H2,1-3H3;6,8H,4-5H2,1-3H3;2*1H4. The zero-order valence-electron chi connectivity index (χ0n) is 35.4. The molecule has 5 N–H and O–H groups in total. The number of nitrogens with one attached hydrogen (secondary N) is 5. The molecule has 2 bridgehead atoms. The maximum absolute atomic E-state index is 3.61. The fourth-order valence-electron chi connectivity index (χ4n) is 8.38. The number of hydrogen-bond donors (Lipinski definition) is 5. The number of fused-ring (bicyclic) bond motifs is 2. The third-order valence-electron chi connectivity index (χ3n) is 12.8. The molecule has 50 heavy (non-hydrogen) atoms. The molecular formula is C45H97N5. The molecule has 0 radical (unpaired) electrons. The molecule has 5 unspecified atom stereocenters. The molecule has 6 rings (SSSR count). The fraction of sp³-hybridized carbons (Fsp3) is 1.00. The highest BCUT2D eigenvalue weighted by molar-refractivity contribution is 4.99. The zero-order chi connectivity index (χ0) is 36.4. The van der Waals surface area contributed by atoms with Crippen LogP contribution in [0.4, 0.5) is 0 Å². The van der Waals surface area contributed by atoms with Gasteiger partial charge in [0.25, 0.3) is 0 Å². The molecule has 0 spiro atoms. The second-order valence-corrected chi connectivity index (χ2v) is 21.9. The Kier molecular flexibility index (Phi) is 21.5. The topological polar surface area (TPSA) is 60.1 Å². The van der Waals surface area contributed by atoms with Gasteiger partial charge in [0.15, 0.2) is 0 Å². The second-order valence-electron chi connectivity index (χ2n) is 21.9. The van der Waals surface area contributed by atoms with Gasteiger partial charge in [-0.25, -0.2) is 0 Å². The predicted octanol–water partition coefficient (Wildman–Crippen LogP) is 10.3. The summed E-state index contributed by atoms with van der Waals surface area (Å²) in [6, 6.07) is 0.847. The third-order valence-corrected chi connectivity index (χ3v) is 12.8. The Hall–Kier alpha value is -0.200. The first-order chi connectivity index (χ1) is 22.0. The Morgan fingerprint density at radius 2 is 0.800 bits per heavy atom. The van der Waals surface area contributed by atoms with Gasteiger partial charge in [-0.1, -0.05) is 119 Å². The molecule has 0 aromatic rings. The summed E-state index contributed by atoms with van der Waals surface area (Å²) in [6.07, 6.45) is 9.79. The van der Waals surface area contributed by atoms with Crippen LogP contribution in [0.25, 0.3) is 0 Å². The molecule has 5 heteroatoms. The Balaban J connectivity index is 0.000000597. The summed E-state index contributed by atoms with van der Waals surface area (Å²) in [5, 5.41) is 17.1. The lowest BCUT2D eigenvalue weighted by molar-refractivity contribution is 0.165. The lowest BCUT2D eigenvalue weighted by Crippen LogP contribution is -2.48. The van der Waals surface area contributed by atoms with Gasteiger partial charge >= 0.3 is 0 Å². The first-order valence-electron chi connectivity index (χ1n) is 20.6. The van der Waals surface area contributed by atoms with Gasteiger partial charge in [-0.3, -0.25) is 0 Å². The summed E-state index contributed by atoms with van der Waals surface area (Å²) >= 11 is 0. The monoisotopic (exact) mass is 708 g/mol. The van der Waals surface area contributed by atoms with Gasteiger partial charge in [0.1, 0.15) is 0 Å². The number of rotatable bonds is 0. The minimum Gasteiger partial charge on any atom is -0.317 e. The quantitative estimate of drug-likeness (QED) is 0.174. The van der Waals surface area contributed by atoms with Crippen molar-refractivity contribution in [3.05, 3.63) is 0 Å². The molecule has 5 saturated heterocycles. The van der Waals surface area contributed by atoms with Gasteiger partial charge in [-0.05, 0) is 166 Å². The minimum absolute atomic E-state index is 0. The van der Waals surface area contributed by atoms with Crippen molar-refractivity contribution in [1.82, 2.24) is 26.6 Å². The van der Waals surface area contributed by atoms with Crippen LogP contribution in [0, 0.1) is 62.6 Å². The fourth-order valence-corrected chi connectivity index (χ4v) is 8.38. The van der Waals surface area contributed by atoms with Crippen LogP contribution in [0.1, 0.15) is 164 Å². The van der Waals surface area contributed by atoms with Crippen molar-refractivity contribution in [2.45, 2.75) is 170 Å². The highest BCUT2D eigenvalue weighted by atomic mass is 15.0. The van der Waals surface area contributed by atoms with E-state index in [0.29, 0.717) is 27.1 Å². The van der Waals surface area contributed by atoms with Gasteiger partial charge < -0.3 is 26.6 Å². The van der Waals surface area contributed by atoms with Crippen LogP contribution in [0.2, 0.25) is 0 Å². The van der Waals surface area contributed by atoms with E-state index in [2.05, 4.69) is 130 Å². The van der Waals surface area contributed by atoms with Crippen molar-refractivity contribution in [3.8, 4) is 0 Å². The molecule has 5 heterocycles. The molecule has 1 saturated carbocycles. The molecule has 0 aromatic carbocycles. The summed E-state index contributed by atoms with van der Waals surface area (Å²) in [4.78, 5) is 0. The van der Waals surface area contributed by atoms with Gasteiger partial charge in [-0.15, -0.1) is 0 Å². The van der Waals surface area contributed by atoms with E-state index in [-0.39, 0.29) is 14.9 Å². The Labute approximate surface area is 317 Å². The van der Waals surface area contributed by atoms with Gasteiger partial charge in [0.05, 0.1) is 0 Å². The largest absolute Gasteiger partial charge is 0.317 e. The van der Waals surface area contributed by atoms with E-state index >= 15 is 0 Å².